The van der Waals surface area contributed by atoms with E-state index in [0.717, 1.165) is 5.56 Å². The third-order valence-electron chi connectivity index (χ3n) is 1.86. The average Bonchev–Trinajstić information content (AvgIpc) is 2.19. The lowest BCUT2D eigenvalue weighted by Gasteiger charge is -2.08. The van der Waals surface area contributed by atoms with E-state index in [1.54, 1.807) is 13.0 Å². The molecule has 80 valence electrons. The summed E-state index contributed by atoms with van der Waals surface area (Å²) in [5.74, 6) is -0.304. The molecule has 0 spiro atoms. The second-order valence-electron chi connectivity index (χ2n) is 2.91. The molecule has 0 saturated heterocycles. The SMILES string of the molecule is COC(=O)c1cc(OB(O)O)ccc1C. The highest BCUT2D eigenvalue weighted by Crippen LogP contribution is 2.18. The van der Waals surface area contributed by atoms with E-state index in [1.165, 1.54) is 19.2 Å². The summed E-state index contributed by atoms with van der Waals surface area (Å²) in [7, 11) is -0.630. The van der Waals surface area contributed by atoms with Crippen LogP contribution in [0, 0.1) is 6.92 Å². The van der Waals surface area contributed by atoms with Crippen molar-refractivity contribution in [3.05, 3.63) is 29.3 Å². The van der Waals surface area contributed by atoms with Crippen LogP contribution in [0.4, 0.5) is 0 Å². The van der Waals surface area contributed by atoms with Crippen LogP contribution in [0.3, 0.4) is 0 Å². The van der Waals surface area contributed by atoms with Crippen molar-refractivity contribution in [3.8, 4) is 5.75 Å². The third kappa shape index (κ3) is 2.97. The topological polar surface area (TPSA) is 76.0 Å². The van der Waals surface area contributed by atoms with Gasteiger partial charge >= 0.3 is 13.3 Å². The molecule has 0 aliphatic rings. The summed E-state index contributed by atoms with van der Waals surface area (Å²) in [5, 5.41) is 17.2. The Morgan fingerprint density at radius 1 is 1.40 bits per heavy atom. The largest absolute Gasteiger partial charge is 0.707 e. The van der Waals surface area contributed by atoms with Crippen molar-refractivity contribution in [1.82, 2.24) is 0 Å². The molecule has 1 aromatic rings. The van der Waals surface area contributed by atoms with Gasteiger partial charge in [0.05, 0.1) is 12.7 Å². The zero-order chi connectivity index (χ0) is 11.4. The molecular weight excluding hydrogens is 199 g/mol. The zero-order valence-electron chi connectivity index (χ0n) is 8.43. The number of ether oxygens (including phenoxy) is 1. The van der Waals surface area contributed by atoms with Crippen molar-refractivity contribution in [1.29, 1.82) is 0 Å². The number of methoxy groups -OCH3 is 1. The van der Waals surface area contributed by atoms with Crippen molar-refractivity contribution < 1.29 is 24.2 Å². The Morgan fingerprint density at radius 3 is 2.60 bits per heavy atom. The second kappa shape index (κ2) is 4.81. The van der Waals surface area contributed by atoms with Gasteiger partial charge in [-0.1, -0.05) is 6.07 Å². The molecule has 5 nitrogen and oxygen atoms in total. The Morgan fingerprint density at radius 2 is 2.07 bits per heavy atom. The summed E-state index contributed by atoms with van der Waals surface area (Å²) < 4.78 is 9.17. The van der Waals surface area contributed by atoms with Crippen LogP contribution in [0.2, 0.25) is 0 Å². The normalized spacial score (nSPS) is 9.60. The van der Waals surface area contributed by atoms with E-state index in [2.05, 4.69) is 9.39 Å². The first-order valence-electron chi connectivity index (χ1n) is 4.26. The van der Waals surface area contributed by atoms with Gasteiger partial charge in [-0.2, -0.15) is 0 Å². The van der Waals surface area contributed by atoms with Crippen molar-refractivity contribution in [2.75, 3.05) is 7.11 Å². The van der Waals surface area contributed by atoms with Crippen molar-refractivity contribution in [3.63, 3.8) is 0 Å². The summed E-state index contributed by atoms with van der Waals surface area (Å²) in [6.45, 7) is 1.74. The number of hydrogen-bond acceptors (Lipinski definition) is 5. The molecule has 0 fully saturated rings. The molecule has 0 heterocycles. The number of benzene rings is 1. The van der Waals surface area contributed by atoms with Gasteiger partial charge in [0.2, 0.25) is 0 Å². The van der Waals surface area contributed by atoms with Gasteiger partial charge in [-0.05, 0) is 24.6 Å². The molecule has 0 aromatic heterocycles. The molecule has 2 N–H and O–H groups in total. The van der Waals surface area contributed by atoms with E-state index in [1.807, 2.05) is 0 Å². The number of rotatable bonds is 3. The van der Waals surface area contributed by atoms with Crippen molar-refractivity contribution in [2.45, 2.75) is 6.92 Å². The van der Waals surface area contributed by atoms with Crippen LogP contribution in [0.5, 0.6) is 5.75 Å². The van der Waals surface area contributed by atoms with E-state index in [9.17, 15) is 4.79 Å². The van der Waals surface area contributed by atoms with E-state index < -0.39 is 13.3 Å². The highest BCUT2D eigenvalue weighted by atomic mass is 16.6. The minimum atomic E-state index is -1.90. The first-order valence-corrected chi connectivity index (χ1v) is 4.26. The maximum absolute atomic E-state index is 11.3. The first-order chi connectivity index (χ1) is 7.04. The Bertz CT molecular complexity index is 364. The number of carbonyl (C=O) groups excluding carboxylic acids is 1. The maximum Gasteiger partial charge on any atom is 0.707 e. The number of hydrogen-bond donors (Lipinski definition) is 2. The van der Waals surface area contributed by atoms with Gasteiger partial charge in [-0.3, -0.25) is 0 Å². The van der Waals surface area contributed by atoms with E-state index in [-0.39, 0.29) is 5.75 Å². The van der Waals surface area contributed by atoms with E-state index >= 15 is 0 Å². The lowest BCUT2D eigenvalue weighted by atomic mass is 10.1. The minimum Gasteiger partial charge on any atom is -0.512 e. The lowest BCUT2D eigenvalue weighted by molar-refractivity contribution is 0.0599. The second-order valence-corrected chi connectivity index (χ2v) is 2.91. The van der Waals surface area contributed by atoms with Gasteiger partial charge < -0.3 is 19.4 Å². The molecule has 0 atom stereocenters. The lowest BCUT2D eigenvalue weighted by Crippen LogP contribution is -2.20. The molecule has 0 saturated carbocycles. The summed E-state index contributed by atoms with van der Waals surface area (Å²) in [4.78, 5) is 11.3. The van der Waals surface area contributed by atoms with Gasteiger partial charge in [0, 0.05) is 0 Å². The standard InChI is InChI=1S/C9H11BO5/c1-6-3-4-7(15-10(12)13)5-8(6)9(11)14-2/h3-5,12-13H,1-2H3. The molecule has 0 aliphatic heterocycles. The fourth-order valence-electron chi connectivity index (χ4n) is 1.13. The number of aryl methyl sites for hydroxylation is 1. The van der Waals surface area contributed by atoms with Gasteiger partial charge in [-0.25, -0.2) is 4.79 Å². The summed E-state index contributed by atoms with van der Waals surface area (Å²) in [5.41, 5.74) is 1.05. The quantitative estimate of drug-likeness (QED) is 0.547. The van der Waals surface area contributed by atoms with Crippen LogP contribution in [0.1, 0.15) is 15.9 Å². The molecule has 1 aromatic carbocycles. The Labute approximate surface area is 87.4 Å². The third-order valence-corrected chi connectivity index (χ3v) is 1.86. The molecule has 0 aliphatic carbocycles. The van der Waals surface area contributed by atoms with Crippen LogP contribution >= 0.6 is 0 Å². The van der Waals surface area contributed by atoms with Gasteiger partial charge in [0.1, 0.15) is 5.75 Å². The summed E-state index contributed by atoms with van der Waals surface area (Å²) >= 11 is 0. The highest BCUT2D eigenvalue weighted by molar-refractivity contribution is 6.33. The minimum absolute atomic E-state index is 0.191. The van der Waals surface area contributed by atoms with Crippen molar-refractivity contribution >= 4 is 13.3 Å². The molecule has 15 heavy (non-hydrogen) atoms. The van der Waals surface area contributed by atoms with Crippen LogP contribution in [0.15, 0.2) is 18.2 Å². The summed E-state index contributed by atoms with van der Waals surface area (Å²) in [6.07, 6.45) is 0. The monoisotopic (exact) mass is 210 g/mol. The molecule has 1 rings (SSSR count). The predicted octanol–water partition coefficient (Wildman–Crippen LogP) is 0.130. The van der Waals surface area contributed by atoms with Crippen LogP contribution in [0.25, 0.3) is 0 Å². The number of esters is 1. The molecule has 0 unspecified atom stereocenters. The van der Waals surface area contributed by atoms with Crippen LogP contribution in [-0.2, 0) is 4.74 Å². The molecule has 0 bridgehead atoms. The maximum atomic E-state index is 11.3. The van der Waals surface area contributed by atoms with Crippen LogP contribution in [-0.4, -0.2) is 30.4 Å². The van der Waals surface area contributed by atoms with E-state index in [4.69, 9.17) is 10.0 Å². The highest BCUT2D eigenvalue weighted by Gasteiger charge is 2.14. The fourth-order valence-corrected chi connectivity index (χ4v) is 1.13. The zero-order valence-corrected chi connectivity index (χ0v) is 8.43. The smallest absolute Gasteiger partial charge is 0.512 e. The summed E-state index contributed by atoms with van der Waals surface area (Å²) in [6, 6.07) is 4.55. The molecule has 6 heteroatoms. The van der Waals surface area contributed by atoms with Crippen molar-refractivity contribution in [2.24, 2.45) is 0 Å². The van der Waals surface area contributed by atoms with Gasteiger partial charge in [-0.15, -0.1) is 0 Å². The molecule has 0 amide bonds. The fraction of sp³-hybridized carbons (Fsp3) is 0.222. The van der Waals surface area contributed by atoms with E-state index in [0.29, 0.717) is 5.56 Å². The average molecular weight is 210 g/mol. The molecular formula is C9H11BO5. The number of carbonyl (C=O) groups is 1. The van der Waals surface area contributed by atoms with Crippen LogP contribution < -0.4 is 4.65 Å². The van der Waals surface area contributed by atoms with Gasteiger partial charge in [0.15, 0.2) is 0 Å². The molecule has 0 radical (unpaired) electrons. The Hall–Kier alpha value is -1.53. The first kappa shape index (κ1) is 11.5. The Kier molecular flexibility index (Phi) is 3.71. The Balaban J connectivity index is 3.00. The predicted molar refractivity (Wildman–Crippen MR) is 53.3 cm³/mol. The van der Waals surface area contributed by atoms with Gasteiger partial charge in [0.25, 0.3) is 0 Å².